The molecule has 0 bridgehead atoms. The van der Waals surface area contributed by atoms with Crippen LogP contribution in [0.2, 0.25) is 0 Å². The van der Waals surface area contributed by atoms with Gasteiger partial charge in [0.25, 0.3) is 0 Å². The number of benzene rings is 1. The molecule has 0 heterocycles. The Balaban J connectivity index is 2.44. The number of halogens is 1. The number of thioether (sulfide) groups is 1. The maximum absolute atomic E-state index is 6.49. The molecule has 1 nitrogen and oxygen atoms in total. The van der Waals surface area contributed by atoms with Crippen LogP contribution in [0.25, 0.3) is 0 Å². The number of hydrogen-bond donors (Lipinski definition) is 1. The monoisotopic (exact) mass is 285 g/mol. The second-order valence-electron chi connectivity index (χ2n) is 4.21. The van der Waals surface area contributed by atoms with Gasteiger partial charge < -0.3 is 5.73 Å². The summed E-state index contributed by atoms with van der Waals surface area (Å²) in [5.41, 5.74) is 7.73. The van der Waals surface area contributed by atoms with E-state index in [1.807, 2.05) is 0 Å². The van der Waals surface area contributed by atoms with Crippen LogP contribution < -0.4 is 5.73 Å². The Morgan fingerprint density at radius 3 is 2.60 bits per heavy atom. The highest BCUT2D eigenvalue weighted by atomic mass is 79.9. The molecule has 2 rings (SSSR count). The van der Waals surface area contributed by atoms with Gasteiger partial charge in [-0.1, -0.05) is 28.8 Å². The summed E-state index contributed by atoms with van der Waals surface area (Å²) in [6.45, 7) is 0. The summed E-state index contributed by atoms with van der Waals surface area (Å²) in [7, 11) is 0. The molecule has 15 heavy (non-hydrogen) atoms. The first kappa shape index (κ1) is 11.5. The minimum absolute atomic E-state index is 0.0812. The molecule has 0 aliphatic heterocycles. The van der Waals surface area contributed by atoms with E-state index in [4.69, 9.17) is 5.73 Å². The van der Waals surface area contributed by atoms with Crippen LogP contribution in [0.5, 0.6) is 0 Å². The van der Waals surface area contributed by atoms with Crippen LogP contribution in [0.15, 0.2) is 27.6 Å². The Kier molecular flexibility index (Phi) is 3.43. The Bertz CT molecular complexity index is 359. The largest absolute Gasteiger partial charge is 0.321 e. The van der Waals surface area contributed by atoms with Crippen molar-refractivity contribution in [2.24, 2.45) is 5.73 Å². The lowest BCUT2D eigenvalue weighted by atomic mass is 9.89. The highest BCUT2D eigenvalue weighted by Gasteiger charge is 2.33. The fourth-order valence-electron chi connectivity index (χ4n) is 2.34. The molecule has 0 radical (unpaired) electrons. The summed E-state index contributed by atoms with van der Waals surface area (Å²) in [5.74, 6) is 0. The topological polar surface area (TPSA) is 26.0 Å². The predicted molar refractivity (Wildman–Crippen MR) is 70.3 cm³/mol. The third-order valence-electron chi connectivity index (χ3n) is 3.19. The zero-order valence-corrected chi connectivity index (χ0v) is 11.3. The molecule has 0 saturated heterocycles. The van der Waals surface area contributed by atoms with Gasteiger partial charge in [-0.3, -0.25) is 0 Å². The molecular formula is C12H16BrNS. The van der Waals surface area contributed by atoms with Gasteiger partial charge in [-0.15, -0.1) is 11.8 Å². The molecule has 1 aliphatic carbocycles. The molecular weight excluding hydrogens is 270 g/mol. The van der Waals surface area contributed by atoms with Crippen LogP contribution in [0, 0.1) is 0 Å². The molecule has 3 heteroatoms. The highest BCUT2D eigenvalue weighted by molar-refractivity contribution is 9.10. The van der Waals surface area contributed by atoms with Gasteiger partial charge in [-0.25, -0.2) is 0 Å². The average molecular weight is 286 g/mol. The van der Waals surface area contributed by atoms with E-state index in [1.165, 1.54) is 23.3 Å². The van der Waals surface area contributed by atoms with Gasteiger partial charge in [0.05, 0.1) is 0 Å². The normalized spacial score (nSPS) is 19.4. The van der Waals surface area contributed by atoms with Crippen LogP contribution in [0.4, 0.5) is 0 Å². The molecule has 0 aromatic heterocycles. The third-order valence-corrected chi connectivity index (χ3v) is 4.48. The lowest BCUT2D eigenvalue weighted by Gasteiger charge is -2.26. The van der Waals surface area contributed by atoms with Crippen molar-refractivity contribution in [2.75, 3.05) is 6.26 Å². The molecule has 1 fully saturated rings. The summed E-state index contributed by atoms with van der Waals surface area (Å²) >= 11 is 5.32. The van der Waals surface area contributed by atoms with Crippen molar-refractivity contribution < 1.29 is 0 Å². The Hall–Kier alpha value is 0.01000. The van der Waals surface area contributed by atoms with Gasteiger partial charge in [0.15, 0.2) is 0 Å². The lowest BCUT2D eigenvalue weighted by Crippen LogP contribution is -2.33. The smallest absolute Gasteiger partial charge is 0.0421 e. The van der Waals surface area contributed by atoms with Gasteiger partial charge in [0.1, 0.15) is 0 Å². The van der Waals surface area contributed by atoms with Gasteiger partial charge in [-0.2, -0.15) is 0 Å². The van der Waals surface area contributed by atoms with Crippen LogP contribution in [0.1, 0.15) is 31.2 Å². The Morgan fingerprint density at radius 1 is 1.33 bits per heavy atom. The number of rotatable bonds is 2. The zero-order valence-electron chi connectivity index (χ0n) is 8.92. The Labute approximate surface area is 104 Å². The first-order chi connectivity index (χ1) is 7.15. The fourth-order valence-corrected chi connectivity index (χ4v) is 3.39. The van der Waals surface area contributed by atoms with E-state index in [2.05, 4.69) is 40.4 Å². The van der Waals surface area contributed by atoms with Gasteiger partial charge in [0, 0.05) is 14.9 Å². The summed E-state index contributed by atoms with van der Waals surface area (Å²) in [5, 5.41) is 0. The van der Waals surface area contributed by atoms with Crippen molar-refractivity contribution in [2.45, 2.75) is 36.1 Å². The summed E-state index contributed by atoms with van der Waals surface area (Å²) in [6.07, 6.45) is 6.88. The summed E-state index contributed by atoms with van der Waals surface area (Å²) in [4.78, 5) is 1.32. The van der Waals surface area contributed by atoms with E-state index < -0.39 is 0 Å². The van der Waals surface area contributed by atoms with Crippen molar-refractivity contribution >= 4 is 27.7 Å². The minimum atomic E-state index is -0.0812. The van der Waals surface area contributed by atoms with E-state index >= 15 is 0 Å². The van der Waals surface area contributed by atoms with Gasteiger partial charge >= 0.3 is 0 Å². The van der Waals surface area contributed by atoms with Crippen LogP contribution >= 0.6 is 27.7 Å². The van der Waals surface area contributed by atoms with Crippen molar-refractivity contribution in [3.8, 4) is 0 Å². The minimum Gasteiger partial charge on any atom is -0.321 e. The van der Waals surface area contributed by atoms with Crippen molar-refractivity contribution in [1.82, 2.24) is 0 Å². The molecule has 0 spiro atoms. The highest BCUT2D eigenvalue weighted by Crippen LogP contribution is 2.41. The quantitative estimate of drug-likeness (QED) is 0.834. The van der Waals surface area contributed by atoms with Gasteiger partial charge in [-0.05, 0) is 42.9 Å². The maximum atomic E-state index is 6.49. The second-order valence-corrected chi connectivity index (χ2v) is 5.97. The average Bonchev–Trinajstić information content (AvgIpc) is 2.66. The zero-order chi connectivity index (χ0) is 10.9. The molecule has 0 unspecified atom stereocenters. The summed E-state index contributed by atoms with van der Waals surface area (Å²) in [6, 6.07) is 6.45. The first-order valence-electron chi connectivity index (χ1n) is 5.29. The first-order valence-corrected chi connectivity index (χ1v) is 7.30. The lowest BCUT2D eigenvalue weighted by molar-refractivity contribution is 0.453. The maximum Gasteiger partial charge on any atom is 0.0421 e. The van der Waals surface area contributed by atoms with Crippen molar-refractivity contribution in [3.05, 3.63) is 28.2 Å². The molecule has 1 aromatic rings. The van der Waals surface area contributed by atoms with Crippen LogP contribution in [-0.4, -0.2) is 6.26 Å². The molecule has 1 aromatic carbocycles. The standard InChI is InChI=1S/C12H16BrNS/c1-15-11-5-4-9(13)8-10(11)12(14)6-2-3-7-12/h4-5,8H,2-3,6-7,14H2,1H3. The number of hydrogen-bond acceptors (Lipinski definition) is 2. The van der Waals surface area contributed by atoms with Crippen molar-refractivity contribution in [1.29, 1.82) is 0 Å². The van der Waals surface area contributed by atoms with Crippen molar-refractivity contribution in [3.63, 3.8) is 0 Å². The fraction of sp³-hybridized carbons (Fsp3) is 0.500. The van der Waals surface area contributed by atoms with E-state index in [-0.39, 0.29) is 5.54 Å². The van der Waals surface area contributed by atoms with E-state index in [0.717, 1.165) is 17.3 Å². The van der Waals surface area contributed by atoms with Crippen LogP contribution in [-0.2, 0) is 5.54 Å². The van der Waals surface area contributed by atoms with E-state index in [1.54, 1.807) is 11.8 Å². The molecule has 2 N–H and O–H groups in total. The molecule has 1 saturated carbocycles. The molecule has 82 valence electrons. The second kappa shape index (κ2) is 4.48. The molecule has 0 amide bonds. The van der Waals surface area contributed by atoms with Gasteiger partial charge in [0.2, 0.25) is 0 Å². The van der Waals surface area contributed by atoms with E-state index in [0.29, 0.717) is 0 Å². The van der Waals surface area contributed by atoms with Crippen LogP contribution in [0.3, 0.4) is 0 Å². The predicted octanol–water partition coefficient (Wildman–Crippen LogP) is 3.90. The molecule has 1 aliphatic rings. The number of nitrogens with two attached hydrogens (primary N) is 1. The molecule has 0 atom stereocenters. The SMILES string of the molecule is CSc1ccc(Br)cc1C1(N)CCCC1. The Morgan fingerprint density at radius 2 is 2.00 bits per heavy atom. The third kappa shape index (κ3) is 2.24. The summed E-state index contributed by atoms with van der Waals surface area (Å²) < 4.78 is 1.13. The van der Waals surface area contributed by atoms with E-state index in [9.17, 15) is 0 Å².